The molecule has 0 saturated heterocycles. The van der Waals surface area contributed by atoms with Gasteiger partial charge in [0.2, 0.25) is 5.91 Å². The van der Waals surface area contributed by atoms with Gasteiger partial charge in [0.05, 0.1) is 0 Å². The fourth-order valence-corrected chi connectivity index (χ4v) is 0.834. The van der Waals surface area contributed by atoms with Crippen LogP contribution >= 0.6 is 0 Å². The van der Waals surface area contributed by atoms with E-state index < -0.39 is 0 Å². The first-order chi connectivity index (χ1) is 6.11. The lowest BCUT2D eigenvalue weighted by Crippen LogP contribution is -2.40. The van der Waals surface area contributed by atoms with Crippen LogP contribution in [0.2, 0.25) is 0 Å². The summed E-state index contributed by atoms with van der Waals surface area (Å²) in [5.74, 6) is -0.0777. The summed E-state index contributed by atoms with van der Waals surface area (Å²) in [5.41, 5.74) is 0. The second kappa shape index (κ2) is 6.86. The first kappa shape index (κ1) is 12.4. The van der Waals surface area contributed by atoms with Crippen LogP contribution in [0.15, 0.2) is 0 Å². The fourth-order valence-electron chi connectivity index (χ4n) is 0.834. The van der Waals surface area contributed by atoms with Gasteiger partial charge in [-0.25, -0.2) is 0 Å². The van der Waals surface area contributed by atoms with Crippen molar-refractivity contribution in [2.75, 3.05) is 20.8 Å². The summed E-state index contributed by atoms with van der Waals surface area (Å²) < 4.78 is 9.77. The number of methoxy groups -OCH3 is 2. The van der Waals surface area contributed by atoms with Gasteiger partial charge in [-0.05, 0) is 20.3 Å². The third-order valence-electron chi connectivity index (χ3n) is 1.87. The number of carbonyl (C=O) groups is 1. The number of rotatable bonds is 6. The monoisotopic (exact) mass is 189 g/mol. The van der Waals surface area contributed by atoms with Crippen molar-refractivity contribution in [3.8, 4) is 0 Å². The zero-order valence-electron chi connectivity index (χ0n) is 8.79. The quantitative estimate of drug-likeness (QED) is 0.664. The molecule has 0 bridgehead atoms. The predicted octanol–water partition coefficient (Wildman–Crippen LogP) is 0.562. The largest absolute Gasteiger partial charge is 0.385 e. The first-order valence-corrected chi connectivity index (χ1v) is 4.44. The van der Waals surface area contributed by atoms with Gasteiger partial charge in [0.15, 0.2) is 0 Å². The molecule has 0 aromatic carbocycles. The lowest BCUT2D eigenvalue weighted by atomic mass is 10.2. The molecule has 0 aliphatic heterocycles. The molecule has 0 radical (unpaired) electrons. The van der Waals surface area contributed by atoms with Gasteiger partial charge in [-0.3, -0.25) is 4.79 Å². The molecule has 78 valence electrons. The van der Waals surface area contributed by atoms with E-state index in [2.05, 4.69) is 5.32 Å². The van der Waals surface area contributed by atoms with Gasteiger partial charge in [-0.15, -0.1) is 0 Å². The Labute approximate surface area is 79.6 Å². The van der Waals surface area contributed by atoms with E-state index >= 15 is 0 Å². The molecule has 0 aromatic heterocycles. The molecule has 4 heteroatoms. The van der Waals surface area contributed by atoms with Crippen LogP contribution < -0.4 is 5.32 Å². The Morgan fingerprint density at radius 1 is 1.38 bits per heavy atom. The molecule has 0 heterocycles. The highest BCUT2D eigenvalue weighted by Gasteiger charge is 2.13. The minimum atomic E-state index is -0.384. The average molecular weight is 189 g/mol. The van der Waals surface area contributed by atoms with Crippen LogP contribution in [0.1, 0.15) is 20.3 Å². The van der Waals surface area contributed by atoms with E-state index in [0.717, 1.165) is 6.42 Å². The molecule has 4 nitrogen and oxygen atoms in total. The van der Waals surface area contributed by atoms with Gasteiger partial charge in [-0.1, -0.05) is 0 Å². The molecule has 2 unspecified atom stereocenters. The highest BCUT2D eigenvalue weighted by molar-refractivity contribution is 5.80. The van der Waals surface area contributed by atoms with Crippen LogP contribution in [-0.2, 0) is 14.3 Å². The normalized spacial score (nSPS) is 15.1. The lowest BCUT2D eigenvalue weighted by molar-refractivity contribution is -0.130. The van der Waals surface area contributed by atoms with E-state index in [0.29, 0.717) is 6.61 Å². The van der Waals surface area contributed by atoms with Crippen molar-refractivity contribution < 1.29 is 14.3 Å². The SMILES string of the molecule is COCCC(C)NC(=O)C(C)OC. The topological polar surface area (TPSA) is 47.6 Å². The maximum Gasteiger partial charge on any atom is 0.249 e. The lowest BCUT2D eigenvalue weighted by Gasteiger charge is -2.16. The fraction of sp³-hybridized carbons (Fsp3) is 0.889. The van der Waals surface area contributed by atoms with Crippen LogP contribution in [0.4, 0.5) is 0 Å². The van der Waals surface area contributed by atoms with Crippen molar-refractivity contribution in [1.29, 1.82) is 0 Å². The standard InChI is InChI=1S/C9H19NO3/c1-7(5-6-12-3)10-9(11)8(2)13-4/h7-8H,5-6H2,1-4H3,(H,10,11). The van der Waals surface area contributed by atoms with Gasteiger partial charge >= 0.3 is 0 Å². The van der Waals surface area contributed by atoms with Crippen LogP contribution in [-0.4, -0.2) is 38.9 Å². The maximum atomic E-state index is 11.3. The zero-order valence-corrected chi connectivity index (χ0v) is 8.79. The molecule has 1 N–H and O–H groups in total. The van der Waals surface area contributed by atoms with Gasteiger partial charge in [0.25, 0.3) is 0 Å². The Balaban J connectivity index is 3.64. The van der Waals surface area contributed by atoms with E-state index in [1.807, 2.05) is 6.92 Å². The van der Waals surface area contributed by atoms with Crippen molar-refractivity contribution in [3.63, 3.8) is 0 Å². The van der Waals surface area contributed by atoms with Crippen LogP contribution in [0.5, 0.6) is 0 Å². The van der Waals surface area contributed by atoms with Crippen LogP contribution in [0, 0.1) is 0 Å². The summed E-state index contributed by atoms with van der Waals surface area (Å²) in [4.78, 5) is 11.3. The van der Waals surface area contributed by atoms with E-state index in [-0.39, 0.29) is 18.1 Å². The Bertz CT molecular complexity index is 150. The molecule has 1 amide bonds. The molecule has 0 fully saturated rings. The second-order valence-corrected chi connectivity index (χ2v) is 3.07. The number of hydrogen-bond acceptors (Lipinski definition) is 3. The molecule has 13 heavy (non-hydrogen) atoms. The van der Waals surface area contributed by atoms with E-state index in [1.54, 1.807) is 14.0 Å². The van der Waals surface area contributed by atoms with Gasteiger partial charge in [0, 0.05) is 26.9 Å². The van der Waals surface area contributed by atoms with E-state index in [1.165, 1.54) is 7.11 Å². The van der Waals surface area contributed by atoms with Crippen molar-refractivity contribution in [2.24, 2.45) is 0 Å². The summed E-state index contributed by atoms with van der Waals surface area (Å²) in [6, 6.07) is 0.130. The highest BCUT2D eigenvalue weighted by Crippen LogP contribution is 1.94. The zero-order chi connectivity index (χ0) is 10.3. The Kier molecular flexibility index (Phi) is 6.54. The summed E-state index contributed by atoms with van der Waals surface area (Å²) in [5, 5.41) is 2.82. The second-order valence-electron chi connectivity index (χ2n) is 3.07. The van der Waals surface area contributed by atoms with Crippen LogP contribution in [0.25, 0.3) is 0 Å². The molecular formula is C9H19NO3. The maximum absolute atomic E-state index is 11.3. The molecule has 2 atom stereocenters. The average Bonchev–Trinajstić information content (AvgIpc) is 2.13. The Morgan fingerprint density at radius 3 is 2.46 bits per heavy atom. The number of amides is 1. The number of nitrogens with one attached hydrogen (secondary N) is 1. The van der Waals surface area contributed by atoms with Gasteiger partial charge < -0.3 is 14.8 Å². The molecule has 0 aliphatic carbocycles. The number of ether oxygens (including phenoxy) is 2. The first-order valence-electron chi connectivity index (χ1n) is 4.44. The van der Waals surface area contributed by atoms with Gasteiger partial charge in [0.1, 0.15) is 6.10 Å². The summed E-state index contributed by atoms with van der Waals surface area (Å²) in [6.45, 7) is 4.32. The molecular weight excluding hydrogens is 170 g/mol. The number of hydrogen-bond donors (Lipinski definition) is 1. The molecule has 0 rings (SSSR count). The molecule has 0 aromatic rings. The predicted molar refractivity (Wildman–Crippen MR) is 50.6 cm³/mol. The highest BCUT2D eigenvalue weighted by atomic mass is 16.5. The smallest absolute Gasteiger partial charge is 0.249 e. The molecule has 0 spiro atoms. The summed E-state index contributed by atoms with van der Waals surface area (Å²) in [7, 11) is 3.16. The van der Waals surface area contributed by atoms with Crippen molar-refractivity contribution in [2.45, 2.75) is 32.4 Å². The minimum Gasteiger partial charge on any atom is -0.385 e. The minimum absolute atomic E-state index is 0.0777. The summed E-state index contributed by atoms with van der Waals surface area (Å²) >= 11 is 0. The Hall–Kier alpha value is -0.610. The molecule has 0 aliphatic rings. The Morgan fingerprint density at radius 2 is 2.00 bits per heavy atom. The van der Waals surface area contributed by atoms with Crippen molar-refractivity contribution >= 4 is 5.91 Å². The summed E-state index contributed by atoms with van der Waals surface area (Å²) in [6.07, 6.45) is 0.434. The van der Waals surface area contributed by atoms with Crippen molar-refractivity contribution in [1.82, 2.24) is 5.32 Å². The third-order valence-corrected chi connectivity index (χ3v) is 1.87. The third kappa shape index (κ3) is 5.60. The van der Waals surface area contributed by atoms with Crippen LogP contribution in [0.3, 0.4) is 0 Å². The van der Waals surface area contributed by atoms with E-state index in [9.17, 15) is 4.79 Å². The number of carbonyl (C=O) groups excluding carboxylic acids is 1. The molecule has 0 saturated carbocycles. The van der Waals surface area contributed by atoms with Gasteiger partial charge in [-0.2, -0.15) is 0 Å². The van der Waals surface area contributed by atoms with E-state index in [4.69, 9.17) is 9.47 Å². The van der Waals surface area contributed by atoms with Crippen molar-refractivity contribution in [3.05, 3.63) is 0 Å².